The van der Waals surface area contributed by atoms with Crippen molar-refractivity contribution >= 4 is 5.91 Å². The van der Waals surface area contributed by atoms with Gasteiger partial charge in [-0.2, -0.15) is 0 Å². The van der Waals surface area contributed by atoms with Crippen molar-refractivity contribution in [2.45, 2.75) is 19.9 Å². The first kappa shape index (κ1) is 8.14. The van der Waals surface area contributed by atoms with Gasteiger partial charge in [0.05, 0.1) is 0 Å². The van der Waals surface area contributed by atoms with Crippen LogP contribution in [0, 0.1) is 0 Å². The highest BCUT2D eigenvalue weighted by molar-refractivity contribution is 5.90. The lowest BCUT2D eigenvalue weighted by atomic mass is 10.4. The van der Waals surface area contributed by atoms with Crippen LogP contribution in [0.2, 0.25) is 0 Å². The van der Waals surface area contributed by atoms with Gasteiger partial charge in [-0.1, -0.05) is 6.58 Å². The molecular weight excluding hydrogens is 121 g/mol. The quantitative estimate of drug-likeness (QED) is 0.564. The van der Waals surface area contributed by atoms with E-state index in [0.29, 0.717) is 0 Å². The molecule has 0 aromatic carbocycles. The predicted octanol–water partition coefficient (Wildman–Crippen LogP) is 1.24. The minimum atomic E-state index is -0.941. The van der Waals surface area contributed by atoms with Crippen LogP contribution in [0.4, 0.5) is 4.39 Å². The Morgan fingerprint density at radius 1 is 1.78 bits per heavy atom. The normalized spacial score (nSPS) is 9.33. The summed E-state index contributed by atoms with van der Waals surface area (Å²) >= 11 is 0. The Labute approximate surface area is 55.2 Å². The third-order valence-electron chi connectivity index (χ3n) is 0.666. The molecule has 0 aliphatic carbocycles. The second-order valence-electron chi connectivity index (χ2n) is 2.03. The van der Waals surface area contributed by atoms with E-state index < -0.39 is 11.7 Å². The van der Waals surface area contributed by atoms with E-state index in [0.717, 1.165) is 0 Å². The molecule has 0 atom stereocenters. The molecule has 0 aliphatic rings. The molecule has 2 nitrogen and oxygen atoms in total. The molecule has 0 saturated carbocycles. The van der Waals surface area contributed by atoms with Gasteiger partial charge in [0, 0.05) is 7.47 Å². The van der Waals surface area contributed by atoms with E-state index in [1.54, 1.807) is 13.8 Å². The molecule has 0 aromatic heterocycles. The summed E-state index contributed by atoms with van der Waals surface area (Å²) in [6, 6.07) is -0.0370. The first-order chi connectivity index (χ1) is 4.04. The van der Waals surface area contributed by atoms with Crippen LogP contribution < -0.4 is 5.32 Å². The first-order valence-corrected chi connectivity index (χ1v) is 2.69. The van der Waals surface area contributed by atoms with E-state index in [4.69, 9.17) is 0 Å². The van der Waals surface area contributed by atoms with Gasteiger partial charge in [-0.25, -0.2) is 4.39 Å². The fourth-order valence-electron chi connectivity index (χ4n) is 0.340. The molecule has 0 rings (SSSR count). The van der Waals surface area contributed by atoms with Gasteiger partial charge in [0.25, 0.3) is 5.91 Å². The van der Waals surface area contributed by atoms with Gasteiger partial charge in [-0.15, -0.1) is 0 Å². The van der Waals surface area contributed by atoms with Crippen LogP contribution in [0.15, 0.2) is 12.4 Å². The Morgan fingerprint density at radius 3 is 2.33 bits per heavy atom. The van der Waals surface area contributed by atoms with Crippen molar-refractivity contribution in [3.05, 3.63) is 12.4 Å². The molecule has 0 unspecified atom stereocenters. The Morgan fingerprint density at radius 2 is 2.22 bits per heavy atom. The maximum atomic E-state index is 11.8. The van der Waals surface area contributed by atoms with Gasteiger partial charge < -0.3 is 5.32 Å². The van der Waals surface area contributed by atoms with Gasteiger partial charge >= 0.3 is 0 Å². The van der Waals surface area contributed by atoms with Crippen molar-refractivity contribution in [1.29, 1.82) is 0 Å². The Hall–Kier alpha value is -0.860. The molecule has 1 amide bonds. The van der Waals surface area contributed by atoms with Crippen LogP contribution >= 0.6 is 0 Å². The second-order valence-corrected chi connectivity index (χ2v) is 2.03. The van der Waals surface area contributed by atoms with Crippen LogP contribution in [0.3, 0.4) is 0 Å². The number of hydrogen-bond acceptors (Lipinski definition) is 1. The highest BCUT2D eigenvalue weighted by Crippen LogP contribution is 1.90. The highest BCUT2D eigenvalue weighted by atomic mass is 19.1. The number of rotatable bonds is 2. The smallest absolute Gasteiger partial charge is 0.279 e. The molecule has 1 N–H and O–H groups in total. The Kier molecular flexibility index (Phi) is 2.91. The summed E-state index contributed by atoms with van der Waals surface area (Å²) in [5, 5.41) is 2.33. The van der Waals surface area contributed by atoms with E-state index in [1.165, 1.54) is 0 Å². The molecule has 3 heteroatoms. The van der Waals surface area contributed by atoms with E-state index >= 15 is 0 Å². The largest absolute Gasteiger partial charge is 0.348 e. The maximum Gasteiger partial charge on any atom is 0.279 e. The second kappa shape index (κ2) is 3.22. The summed E-state index contributed by atoms with van der Waals surface area (Å²) in [6.45, 7) is 6.33. The minimum Gasteiger partial charge on any atom is -0.348 e. The average Bonchev–Trinajstić information content (AvgIpc) is 1.63. The van der Waals surface area contributed by atoms with Crippen molar-refractivity contribution in [3.8, 4) is 0 Å². The van der Waals surface area contributed by atoms with Crippen LogP contribution in [-0.2, 0) is 4.79 Å². The Balaban J connectivity index is 0. The molecular formula is C6H12FNO. The summed E-state index contributed by atoms with van der Waals surface area (Å²) in [5.74, 6) is -1.67. The summed E-state index contributed by atoms with van der Waals surface area (Å²) in [7, 11) is 0. The van der Waals surface area contributed by atoms with E-state index in [2.05, 4.69) is 11.9 Å². The molecule has 9 heavy (non-hydrogen) atoms. The number of hydrogen-bond donors (Lipinski definition) is 1. The molecule has 0 spiro atoms. The Bertz CT molecular complexity index is 136. The molecule has 0 bridgehead atoms. The lowest BCUT2D eigenvalue weighted by Crippen LogP contribution is -2.29. The van der Waals surface area contributed by atoms with Gasteiger partial charge in [-0.3, -0.25) is 4.79 Å². The van der Waals surface area contributed by atoms with Gasteiger partial charge in [-0.05, 0) is 13.8 Å². The molecule has 54 valence electrons. The molecule has 0 aromatic rings. The predicted molar refractivity (Wildman–Crippen MR) is 35.6 cm³/mol. The highest BCUT2D eigenvalue weighted by Gasteiger charge is 2.04. The van der Waals surface area contributed by atoms with Crippen molar-refractivity contribution < 1.29 is 10.6 Å². The van der Waals surface area contributed by atoms with Crippen molar-refractivity contribution in [2.75, 3.05) is 0 Å². The number of amides is 1. The standard InChI is InChI=1S/C6H10FNO.H2/c1-4(2)8-6(9)5(3)7;/h4H,3H2,1-2H3,(H,8,9);1H. The molecule has 0 aliphatic heterocycles. The lowest BCUT2D eigenvalue weighted by Gasteiger charge is -2.04. The van der Waals surface area contributed by atoms with Crippen molar-refractivity contribution in [1.82, 2.24) is 5.32 Å². The summed E-state index contributed by atoms with van der Waals surface area (Å²) < 4.78 is 11.8. The van der Waals surface area contributed by atoms with E-state index in [-0.39, 0.29) is 7.47 Å². The zero-order valence-corrected chi connectivity index (χ0v) is 5.57. The summed E-state index contributed by atoms with van der Waals surface area (Å²) in [5.41, 5.74) is 0. The summed E-state index contributed by atoms with van der Waals surface area (Å²) in [4.78, 5) is 10.4. The van der Waals surface area contributed by atoms with Crippen LogP contribution in [0.1, 0.15) is 15.3 Å². The summed E-state index contributed by atoms with van der Waals surface area (Å²) in [6.07, 6.45) is 0. The zero-order valence-electron chi connectivity index (χ0n) is 5.57. The molecule has 0 fully saturated rings. The fraction of sp³-hybridized carbons (Fsp3) is 0.500. The molecule has 0 saturated heterocycles. The number of carbonyl (C=O) groups is 1. The van der Waals surface area contributed by atoms with Gasteiger partial charge in [0.15, 0.2) is 5.83 Å². The maximum absolute atomic E-state index is 11.8. The monoisotopic (exact) mass is 133 g/mol. The minimum absolute atomic E-state index is 0. The third-order valence-corrected chi connectivity index (χ3v) is 0.666. The van der Waals surface area contributed by atoms with Crippen LogP contribution in [-0.4, -0.2) is 11.9 Å². The number of halogens is 1. The van der Waals surface area contributed by atoms with Crippen molar-refractivity contribution in [2.24, 2.45) is 0 Å². The van der Waals surface area contributed by atoms with Crippen LogP contribution in [0.5, 0.6) is 0 Å². The third kappa shape index (κ3) is 3.70. The number of carbonyl (C=O) groups excluding carboxylic acids is 1. The van der Waals surface area contributed by atoms with E-state index in [9.17, 15) is 9.18 Å². The number of nitrogens with one attached hydrogen (secondary N) is 1. The zero-order chi connectivity index (χ0) is 7.44. The SMILES string of the molecule is C=C(F)C(=O)NC(C)C.[HH]. The average molecular weight is 133 g/mol. The lowest BCUT2D eigenvalue weighted by molar-refractivity contribution is -0.119. The van der Waals surface area contributed by atoms with Crippen LogP contribution in [0.25, 0.3) is 0 Å². The van der Waals surface area contributed by atoms with E-state index in [1.807, 2.05) is 0 Å². The molecule has 0 radical (unpaired) electrons. The van der Waals surface area contributed by atoms with Crippen molar-refractivity contribution in [3.63, 3.8) is 0 Å². The van der Waals surface area contributed by atoms with Gasteiger partial charge in [0.2, 0.25) is 0 Å². The topological polar surface area (TPSA) is 29.1 Å². The fourth-order valence-corrected chi connectivity index (χ4v) is 0.340. The van der Waals surface area contributed by atoms with Gasteiger partial charge in [0.1, 0.15) is 0 Å². The first-order valence-electron chi connectivity index (χ1n) is 2.69. The molecule has 0 heterocycles.